The molecule has 0 amide bonds. The molecule has 6 heteroatoms. The predicted octanol–water partition coefficient (Wildman–Crippen LogP) is 3.34. The van der Waals surface area contributed by atoms with E-state index in [9.17, 15) is 10.1 Å². The minimum Gasteiger partial charge on any atom is -0.365 e. The van der Waals surface area contributed by atoms with Crippen LogP contribution in [0.3, 0.4) is 0 Å². The van der Waals surface area contributed by atoms with Gasteiger partial charge in [0.15, 0.2) is 0 Å². The normalized spacial score (nSPS) is 11.7. The second kappa shape index (κ2) is 6.36. The molecule has 1 unspecified atom stereocenters. The highest BCUT2D eigenvalue weighted by Gasteiger charge is 2.20. The molecule has 0 bridgehead atoms. The zero-order valence-corrected chi connectivity index (χ0v) is 11.8. The van der Waals surface area contributed by atoms with Crippen molar-refractivity contribution < 1.29 is 4.92 Å². The van der Waals surface area contributed by atoms with E-state index in [-0.39, 0.29) is 11.6 Å². The van der Waals surface area contributed by atoms with Crippen molar-refractivity contribution in [3.8, 4) is 6.07 Å². The quantitative estimate of drug-likeness (QED) is 0.617. The van der Waals surface area contributed by atoms with Gasteiger partial charge in [-0.25, -0.2) is 0 Å². The number of hydrogen-bond donors (Lipinski definition) is 0. The maximum atomic E-state index is 11.0. The van der Waals surface area contributed by atoms with Crippen LogP contribution in [0.5, 0.6) is 0 Å². The summed E-state index contributed by atoms with van der Waals surface area (Å²) in [7, 11) is 0. The number of hydrogen-bond acceptors (Lipinski definition) is 4. The Morgan fingerprint density at radius 3 is 2.78 bits per heavy atom. The molecule has 1 atom stereocenters. The minimum absolute atomic E-state index is 0.0522. The summed E-state index contributed by atoms with van der Waals surface area (Å²) in [5.74, 6) is -0.173. The van der Waals surface area contributed by atoms with E-state index in [0.29, 0.717) is 23.2 Å². The summed E-state index contributed by atoms with van der Waals surface area (Å²) in [4.78, 5) is 12.5. The van der Waals surface area contributed by atoms with Crippen LogP contribution < -0.4 is 4.90 Å². The Morgan fingerprint density at radius 1 is 1.61 bits per heavy atom. The number of nitro groups is 1. The molecule has 0 saturated carbocycles. The number of anilines is 1. The lowest BCUT2D eigenvalue weighted by Gasteiger charge is -2.23. The van der Waals surface area contributed by atoms with Gasteiger partial charge in [0.25, 0.3) is 5.69 Å². The Balaban J connectivity index is 3.13. The van der Waals surface area contributed by atoms with Gasteiger partial charge in [-0.2, -0.15) is 5.26 Å². The Hall–Kier alpha value is -1.61. The van der Waals surface area contributed by atoms with Gasteiger partial charge in [0.1, 0.15) is 5.69 Å². The number of halogens is 1. The molecular formula is C12H14BrN3O2. The fraction of sp³-hybridized carbons (Fsp3) is 0.417. The van der Waals surface area contributed by atoms with Gasteiger partial charge in [0, 0.05) is 23.6 Å². The third-order valence-corrected chi connectivity index (χ3v) is 3.06. The topological polar surface area (TPSA) is 70.2 Å². The third-order valence-electron chi connectivity index (χ3n) is 2.57. The molecule has 0 heterocycles. The smallest absolute Gasteiger partial charge is 0.293 e. The summed E-state index contributed by atoms with van der Waals surface area (Å²) < 4.78 is 0.669. The van der Waals surface area contributed by atoms with Crippen molar-refractivity contribution in [3.05, 3.63) is 32.8 Å². The molecule has 1 aromatic rings. The van der Waals surface area contributed by atoms with E-state index < -0.39 is 4.92 Å². The van der Waals surface area contributed by atoms with Gasteiger partial charge in [0.05, 0.1) is 16.9 Å². The summed E-state index contributed by atoms with van der Waals surface area (Å²) >= 11 is 3.22. The highest BCUT2D eigenvalue weighted by Crippen LogP contribution is 2.31. The van der Waals surface area contributed by atoms with Gasteiger partial charge in [-0.05, 0) is 26.0 Å². The molecule has 0 N–H and O–H groups in total. The molecule has 0 saturated heterocycles. The van der Waals surface area contributed by atoms with Crippen LogP contribution in [0.15, 0.2) is 22.7 Å². The first-order valence-electron chi connectivity index (χ1n) is 5.58. The lowest BCUT2D eigenvalue weighted by atomic mass is 10.1. The molecule has 0 aliphatic heterocycles. The summed E-state index contributed by atoms with van der Waals surface area (Å²) in [6.07, 6.45) is 0. The molecular weight excluding hydrogens is 298 g/mol. The van der Waals surface area contributed by atoms with Gasteiger partial charge >= 0.3 is 0 Å². The standard InChI is InChI=1S/C12H14BrN3O2/c1-3-15(8-9(2)7-14)11-5-4-10(13)6-12(11)16(17)18/h4-6,9H,3,8H2,1-2H3. The highest BCUT2D eigenvalue weighted by molar-refractivity contribution is 9.10. The molecule has 0 aliphatic carbocycles. The predicted molar refractivity (Wildman–Crippen MR) is 73.5 cm³/mol. The average Bonchev–Trinajstić information content (AvgIpc) is 2.35. The third kappa shape index (κ3) is 3.44. The SMILES string of the molecule is CCN(CC(C)C#N)c1ccc(Br)cc1[N+](=O)[O-]. The van der Waals surface area contributed by atoms with Gasteiger partial charge in [-0.3, -0.25) is 10.1 Å². The maximum absolute atomic E-state index is 11.0. The van der Waals surface area contributed by atoms with Crippen molar-refractivity contribution in [2.75, 3.05) is 18.0 Å². The van der Waals surface area contributed by atoms with Gasteiger partial charge in [0.2, 0.25) is 0 Å². The lowest BCUT2D eigenvalue weighted by molar-refractivity contribution is -0.384. The molecule has 5 nitrogen and oxygen atoms in total. The molecule has 0 aliphatic rings. The summed E-state index contributed by atoms with van der Waals surface area (Å²) in [5.41, 5.74) is 0.601. The lowest BCUT2D eigenvalue weighted by Crippen LogP contribution is -2.28. The number of nitro benzene ring substituents is 1. The van der Waals surface area contributed by atoms with E-state index in [2.05, 4.69) is 22.0 Å². The molecule has 1 rings (SSSR count). The van der Waals surface area contributed by atoms with Crippen LogP contribution in [0.1, 0.15) is 13.8 Å². The van der Waals surface area contributed by atoms with Crippen molar-refractivity contribution in [2.24, 2.45) is 5.92 Å². The Morgan fingerprint density at radius 2 is 2.28 bits per heavy atom. The first-order chi connectivity index (χ1) is 8.49. The van der Waals surface area contributed by atoms with Gasteiger partial charge < -0.3 is 4.90 Å². The van der Waals surface area contributed by atoms with Gasteiger partial charge in [-0.15, -0.1) is 0 Å². The van der Waals surface area contributed by atoms with Crippen molar-refractivity contribution >= 4 is 27.3 Å². The Kier molecular flexibility index (Phi) is 5.10. The van der Waals surface area contributed by atoms with Crippen LogP contribution in [0.2, 0.25) is 0 Å². The second-order valence-electron chi connectivity index (χ2n) is 3.96. The molecule has 18 heavy (non-hydrogen) atoms. The van der Waals surface area contributed by atoms with E-state index in [1.54, 1.807) is 19.1 Å². The fourth-order valence-electron chi connectivity index (χ4n) is 1.68. The largest absolute Gasteiger partial charge is 0.365 e. The highest BCUT2D eigenvalue weighted by atomic mass is 79.9. The van der Waals surface area contributed by atoms with Crippen molar-refractivity contribution in [1.82, 2.24) is 0 Å². The second-order valence-corrected chi connectivity index (χ2v) is 4.87. The van der Waals surface area contributed by atoms with Crippen LogP contribution >= 0.6 is 15.9 Å². The van der Waals surface area contributed by atoms with E-state index in [4.69, 9.17) is 5.26 Å². The zero-order chi connectivity index (χ0) is 13.7. The first kappa shape index (κ1) is 14.5. The Labute approximate surface area is 114 Å². The molecule has 0 fully saturated rings. The molecule has 0 spiro atoms. The summed E-state index contributed by atoms with van der Waals surface area (Å²) in [5, 5.41) is 19.9. The summed E-state index contributed by atoms with van der Waals surface area (Å²) in [6, 6.07) is 7.09. The van der Waals surface area contributed by atoms with Crippen LogP contribution in [-0.2, 0) is 0 Å². The van der Waals surface area contributed by atoms with E-state index in [1.807, 2.05) is 11.8 Å². The molecule has 0 aromatic heterocycles. The fourth-order valence-corrected chi connectivity index (χ4v) is 2.03. The first-order valence-corrected chi connectivity index (χ1v) is 6.37. The van der Waals surface area contributed by atoms with Crippen LogP contribution in [0.25, 0.3) is 0 Å². The van der Waals surface area contributed by atoms with Crippen molar-refractivity contribution in [2.45, 2.75) is 13.8 Å². The zero-order valence-electron chi connectivity index (χ0n) is 10.3. The maximum Gasteiger partial charge on any atom is 0.293 e. The molecule has 0 radical (unpaired) electrons. The number of nitriles is 1. The van der Waals surface area contributed by atoms with E-state index >= 15 is 0 Å². The van der Waals surface area contributed by atoms with Crippen molar-refractivity contribution in [3.63, 3.8) is 0 Å². The van der Waals surface area contributed by atoms with Crippen molar-refractivity contribution in [1.29, 1.82) is 5.26 Å². The monoisotopic (exact) mass is 311 g/mol. The molecule has 96 valence electrons. The minimum atomic E-state index is -0.403. The number of nitrogens with zero attached hydrogens (tertiary/aromatic N) is 3. The van der Waals surface area contributed by atoms with E-state index in [0.717, 1.165) is 0 Å². The van der Waals surface area contributed by atoms with Crippen LogP contribution in [-0.4, -0.2) is 18.0 Å². The Bertz CT molecular complexity index is 485. The van der Waals surface area contributed by atoms with Crippen LogP contribution in [0.4, 0.5) is 11.4 Å². The summed E-state index contributed by atoms with van der Waals surface area (Å²) in [6.45, 7) is 4.81. The average molecular weight is 312 g/mol. The van der Waals surface area contributed by atoms with E-state index in [1.165, 1.54) is 6.07 Å². The van der Waals surface area contributed by atoms with Crippen LogP contribution in [0, 0.1) is 27.4 Å². The number of benzene rings is 1. The molecule has 1 aromatic carbocycles. The van der Waals surface area contributed by atoms with Gasteiger partial charge in [-0.1, -0.05) is 15.9 Å². The number of rotatable bonds is 5.